The summed E-state index contributed by atoms with van der Waals surface area (Å²) in [6.45, 7) is 1.49. The molecule has 0 aliphatic carbocycles. The maximum Gasteiger partial charge on any atom is 0.354 e. The summed E-state index contributed by atoms with van der Waals surface area (Å²) in [7, 11) is 1.67. The Morgan fingerprint density at radius 3 is 2.36 bits per heavy atom. The first kappa shape index (κ1) is 24.5. The zero-order chi connectivity index (χ0) is 25.5. The van der Waals surface area contributed by atoms with Crippen LogP contribution >= 0.6 is 0 Å². The average Bonchev–Trinajstić information content (AvgIpc) is 2.88. The van der Waals surface area contributed by atoms with E-state index in [0.29, 0.717) is 28.6 Å². The number of aromatic nitrogens is 4. The third-order valence-corrected chi connectivity index (χ3v) is 5.32. The molecule has 0 spiro atoms. The third-order valence-electron chi connectivity index (χ3n) is 5.32. The minimum Gasteiger partial charge on any atom is -0.439 e. The van der Waals surface area contributed by atoms with Gasteiger partial charge in [0, 0.05) is 31.6 Å². The molecule has 0 bridgehead atoms. The number of halogens is 1. The van der Waals surface area contributed by atoms with E-state index in [1.54, 1.807) is 74.8 Å². The molecule has 184 valence electrons. The molecule has 0 amide bonds. The first-order chi connectivity index (χ1) is 17.5. The summed E-state index contributed by atoms with van der Waals surface area (Å²) >= 11 is 0. The lowest BCUT2D eigenvalue weighted by atomic mass is 10.1. The van der Waals surface area contributed by atoms with Gasteiger partial charge < -0.3 is 10.1 Å². The van der Waals surface area contributed by atoms with Gasteiger partial charge in [0.15, 0.2) is 0 Å². The van der Waals surface area contributed by atoms with Crippen molar-refractivity contribution in [3.63, 3.8) is 0 Å². The topological polar surface area (TPSA) is 103 Å². The predicted molar refractivity (Wildman–Crippen MR) is 136 cm³/mol. The summed E-state index contributed by atoms with van der Waals surface area (Å²) in [5.41, 5.74) is 1.46. The van der Waals surface area contributed by atoms with Crippen LogP contribution in [0.1, 0.15) is 23.7 Å². The van der Waals surface area contributed by atoms with Crippen LogP contribution in [-0.2, 0) is 19.8 Å². The normalized spacial score (nSPS) is 11.1. The molecule has 0 radical (unpaired) electrons. The molecule has 0 atom stereocenters. The highest BCUT2D eigenvalue weighted by Crippen LogP contribution is 2.23. The maximum atomic E-state index is 13.0. The molecule has 0 saturated heterocycles. The van der Waals surface area contributed by atoms with Gasteiger partial charge in [-0.15, -0.1) is 0 Å². The standard InChI is InChI=1S/C26H25FN6O3/c1-3-32-25(34)31-24(33(26(32)35)17-19-9-7-18(15-27)8-10-19)30-20-11-13-22(14-12-20)36-23-6-4-5-21(29-23)16-28-2/h4-14,16H,3,15,17H2,1-2H3,(H,30,31,34). The SMILES string of the molecule is CCn1c(=O)nc(Nc2ccc(Oc3cccc(C=NC)n3)cc2)n(Cc2ccc(CF)cc2)c1=O. The molecule has 4 rings (SSSR count). The Morgan fingerprint density at radius 2 is 1.69 bits per heavy atom. The zero-order valence-electron chi connectivity index (χ0n) is 19.9. The van der Waals surface area contributed by atoms with Gasteiger partial charge in [0.1, 0.15) is 12.4 Å². The molecule has 2 aromatic heterocycles. The van der Waals surface area contributed by atoms with E-state index in [2.05, 4.69) is 20.3 Å². The fourth-order valence-electron chi connectivity index (χ4n) is 3.50. The molecule has 0 aliphatic rings. The second-order valence-electron chi connectivity index (χ2n) is 7.82. The number of aliphatic imine (C=N–C) groups is 1. The van der Waals surface area contributed by atoms with E-state index in [4.69, 9.17) is 4.74 Å². The van der Waals surface area contributed by atoms with Crippen molar-refractivity contribution in [3.8, 4) is 11.6 Å². The van der Waals surface area contributed by atoms with E-state index < -0.39 is 18.1 Å². The second-order valence-corrected chi connectivity index (χ2v) is 7.82. The first-order valence-electron chi connectivity index (χ1n) is 11.3. The van der Waals surface area contributed by atoms with Crippen molar-refractivity contribution in [2.75, 3.05) is 12.4 Å². The van der Waals surface area contributed by atoms with Gasteiger partial charge >= 0.3 is 11.4 Å². The Balaban J connectivity index is 1.59. The highest BCUT2D eigenvalue weighted by atomic mass is 19.1. The smallest absolute Gasteiger partial charge is 0.354 e. The van der Waals surface area contributed by atoms with Crippen molar-refractivity contribution >= 4 is 17.9 Å². The quantitative estimate of drug-likeness (QED) is 0.358. The maximum absolute atomic E-state index is 13.0. The summed E-state index contributed by atoms with van der Waals surface area (Å²) < 4.78 is 21.1. The van der Waals surface area contributed by atoms with E-state index in [9.17, 15) is 14.0 Å². The third kappa shape index (κ3) is 5.72. The molecule has 0 unspecified atom stereocenters. The van der Waals surface area contributed by atoms with Crippen molar-refractivity contribution in [1.29, 1.82) is 0 Å². The van der Waals surface area contributed by atoms with Gasteiger partial charge in [0.05, 0.1) is 12.2 Å². The summed E-state index contributed by atoms with van der Waals surface area (Å²) in [5.74, 6) is 1.08. The lowest BCUT2D eigenvalue weighted by molar-refractivity contribution is 0.463. The van der Waals surface area contributed by atoms with Gasteiger partial charge in [0.25, 0.3) is 0 Å². The molecule has 2 heterocycles. The number of rotatable bonds is 9. The van der Waals surface area contributed by atoms with Gasteiger partial charge in [0.2, 0.25) is 11.8 Å². The monoisotopic (exact) mass is 488 g/mol. The summed E-state index contributed by atoms with van der Waals surface area (Å²) in [6.07, 6.45) is 1.63. The summed E-state index contributed by atoms with van der Waals surface area (Å²) in [4.78, 5) is 37.9. The van der Waals surface area contributed by atoms with Crippen LogP contribution in [0.4, 0.5) is 16.0 Å². The Hall–Kier alpha value is -4.60. The fraction of sp³-hybridized carbons (Fsp3) is 0.192. The lowest BCUT2D eigenvalue weighted by Crippen LogP contribution is -2.42. The molecule has 9 nitrogen and oxygen atoms in total. The van der Waals surface area contributed by atoms with Crippen molar-refractivity contribution < 1.29 is 9.13 Å². The number of ether oxygens (including phenoxy) is 1. The Morgan fingerprint density at radius 1 is 0.972 bits per heavy atom. The number of pyridine rings is 1. The molecule has 36 heavy (non-hydrogen) atoms. The molecular weight excluding hydrogens is 463 g/mol. The van der Waals surface area contributed by atoms with Crippen LogP contribution < -0.4 is 21.4 Å². The van der Waals surface area contributed by atoms with Crippen molar-refractivity contribution in [1.82, 2.24) is 19.1 Å². The highest BCUT2D eigenvalue weighted by Gasteiger charge is 2.13. The van der Waals surface area contributed by atoms with Crippen LogP contribution in [-0.4, -0.2) is 32.4 Å². The molecule has 2 aromatic carbocycles. The van der Waals surface area contributed by atoms with Gasteiger partial charge in [-0.25, -0.2) is 23.5 Å². The summed E-state index contributed by atoms with van der Waals surface area (Å²) in [5, 5.41) is 3.06. The van der Waals surface area contributed by atoms with E-state index in [1.807, 2.05) is 12.1 Å². The van der Waals surface area contributed by atoms with Crippen molar-refractivity contribution in [3.05, 3.63) is 105 Å². The summed E-state index contributed by atoms with van der Waals surface area (Å²) in [6, 6.07) is 19.1. The fourth-order valence-corrected chi connectivity index (χ4v) is 3.50. The largest absolute Gasteiger partial charge is 0.439 e. The number of hydrogen-bond acceptors (Lipinski definition) is 7. The van der Waals surface area contributed by atoms with Crippen LogP contribution in [0, 0.1) is 0 Å². The van der Waals surface area contributed by atoms with Gasteiger partial charge in [-0.2, -0.15) is 4.98 Å². The second kappa shape index (κ2) is 11.2. The van der Waals surface area contributed by atoms with Gasteiger partial charge in [-0.3, -0.25) is 9.56 Å². The number of benzene rings is 2. The molecule has 1 N–H and O–H groups in total. The predicted octanol–water partition coefficient (Wildman–Crippen LogP) is 3.92. The molecular formula is C26H25FN6O3. The Labute approximate surface area is 206 Å². The molecule has 0 aliphatic heterocycles. The number of hydrogen-bond donors (Lipinski definition) is 1. The van der Waals surface area contributed by atoms with Crippen LogP contribution in [0.3, 0.4) is 0 Å². The minimum absolute atomic E-state index is 0.103. The van der Waals surface area contributed by atoms with Crippen LogP contribution in [0.15, 0.2) is 81.3 Å². The lowest BCUT2D eigenvalue weighted by Gasteiger charge is -2.15. The number of nitrogens with one attached hydrogen (secondary N) is 1. The van der Waals surface area contributed by atoms with E-state index in [1.165, 1.54) is 4.57 Å². The minimum atomic E-state index is -0.643. The zero-order valence-corrected chi connectivity index (χ0v) is 19.9. The highest BCUT2D eigenvalue weighted by molar-refractivity contribution is 5.76. The van der Waals surface area contributed by atoms with Gasteiger partial charge in [-0.1, -0.05) is 30.3 Å². The number of nitrogens with zero attached hydrogens (tertiary/aromatic N) is 5. The van der Waals surface area contributed by atoms with Crippen LogP contribution in [0.2, 0.25) is 0 Å². The number of anilines is 2. The Kier molecular flexibility index (Phi) is 7.64. The van der Waals surface area contributed by atoms with Crippen LogP contribution in [0.5, 0.6) is 11.6 Å². The van der Waals surface area contributed by atoms with E-state index in [-0.39, 0.29) is 19.0 Å². The average molecular weight is 489 g/mol. The van der Waals surface area contributed by atoms with E-state index >= 15 is 0 Å². The molecule has 10 heteroatoms. The van der Waals surface area contributed by atoms with E-state index in [0.717, 1.165) is 10.1 Å². The number of alkyl halides is 1. The van der Waals surface area contributed by atoms with Crippen molar-refractivity contribution in [2.45, 2.75) is 26.7 Å². The van der Waals surface area contributed by atoms with Crippen LogP contribution in [0.25, 0.3) is 0 Å². The van der Waals surface area contributed by atoms with Gasteiger partial charge in [-0.05, 0) is 48.4 Å². The molecule has 4 aromatic rings. The van der Waals surface area contributed by atoms with Crippen molar-refractivity contribution in [2.24, 2.45) is 4.99 Å². The first-order valence-corrected chi connectivity index (χ1v) is 11.3. The Bertz CT molecular complexity index is 1480. The molecule has 0 fully saturated rings. The molecule has 0 saturated carbocycles.